The average molecular weight is 447 g/mol. The molecule has 1 amide bonds. The highest BCUT2D eigenvalue weighted by Gasteiger charge is 2.25. The number of hydrogen-bond acceptors (Lipinski definition) is 5. The molecule has 0 aliphatic carbocycles. The summed E-state index contributed by atoms with van der Waals surface area (Å²) in [6.45, 7) is 6.97. The number of rotatable bonds is 6. The highest BCUT2D eigenvalue weighted by molar-refractivity contribution is 6.45. The summed E-state index contributed by atoms with van der Waals surface area (Å²) in [5, 5.41) is 3.12. The van der Waals surface area contributed by atoms with Crippen molar-refractivity contribution in [2.45, 2.75) is 32.7 Å². The third kappa shape index (κ3) is 4.67. The van der Waals surface area contributed by atoms with Crippen molar-refractivity contribution >= 4 is 28.6 Å². The molecule has 170 valence electrons. The molecule has 4 rings (SSSR count). The first kappa shape index (κ1) is 22.3. The zero-order valence-electron chi connectivity index (χ0n) is 19.1. The molecule has 0 fully saturated rings. The molecule has 0 atom stereocenters. The number of carbonyl (C=O) groups is 3. The van der Waals surface area contributed by atoms with Gasteiger partial charge in [0.25, 0.3) is 11.7 Å². The minimum atomic E-state index is -0.816. The highest BCUT2D eigenvalue weighted by atomic mass is 16.5. The van der Waals surface area contributed by atoms with Crippen LogP contribution in [0.2, 0.25) is 0 Å². The first-order chi connectivity index (χ1) is 15.7. The van der Waals surface area contributed by atoms with Gasteiger partial charge in [-0.1, -0.05) is 45.0 Å². The number of aromatic nitrogens is 1. The number of amides is 1. The molecule has 2 aromatic carbocycles. The number of methoxy groups -OCH3 is 1. The van der Waals surface area contributed by atoms with Gasteiger partial charge in [-0.3, -0.25) is 9.59 Å². The fraction of sp³-hybridized carbons (Fsp3) is 0.269. The Morgan fingerprint density at radius 3 is 2.45 bits per heavy atom. The summed E-state index contributed by atoms with van der Waals surface area (Å²) in [6, 6.07) is 13.7. The fourth-order valence-electron chi connectivity index (χ4n) is 3.79. The van der Waals surface area contributed by atoms with E-state index in [1.165, 1.54) is 11.6 Å². The molecule has 1 aromatic heterocycles. The second-order valence-corrected chi connectivity index (χ2v) is 9.06. The molecule has 1 aliphatic rings. The number of Topliss-reactive ketones (excluding diaryl/α,β-unsaturated/α-hetero) is 1. The summed E-state index contributed by atoms with van der Waals surface area (Å²) in [4.78, 5) is 36.8. The topological polar surface area (TPSA) is 86.6 Å². The maximum absolute atomic E-state index is 13.0. The number of esters is 1. The Labute approximate surface area is 192 Å². The Morgan fingerprint density at radius 2 is 1.85 bits per heavy atom. The second-order valence-electron chi connectivity index (χ2n) is 9.06. The monoisotopic (exact) mass is 446 g/mol. The van der Waals surface area contributed by atoms with Crippen molar-refractivity contribution in [2.24, 2.45) is 0 Å². The number of cyclic esters (lactones) is 1. The van der Waals surface area contributed by atoms with E-state index in [-0.39, 0.29) is 23.3 Å². The molecule has 0 radical (unpaired) electrons. The van der Waals surface area contributed by atoms with Crippen molar-refractivity contribution in [3.8, 4) is 5.75 Å². The standard InChI is InChI=1S/C26H26N2O5/c1-26(2,3)17-7-5-16(6-8-17)13-28-14-21(20-10-9-19(32-4)12-22(20)28)24(30)25(31)27-18-11-23(29)33-15-18/h5-12,14H,13,15H2,1-4H3,(H,27,31). The molecular weight excluding hydrogens is 420 g/mol. The number of fused-ring (bicyclic) bond motifs is 1. The predicted molar refractivity (Wildman–Crippen MR) is 124 cm³/mol. The van der Waals surface area contributed by atoms with E-state index >= 15 is 0 Å². The fourth-order valence-corrected chi connectivity index (χ4v) is 3.79. The van der Waals surface area contributed by atoms with Crippen LogP contribution in [0.4, 0.5) is 0 Å². The van der Waals surface area contributed by atoms with E-state index in [9.17, 15) is 14.4 Å². The number of carbonyl (C=O) groups excluding carboxylic acids is 3. The first-order valence-corrected chi connectivity index (χ1v) is 10.6. The van der Waals surface area contributed by atoms with Crippen LogP contribution in [0.15, 0.2) is 60.4 Å². The van der Waals surface area contributed by atoms with Gasteiger partial charge in [0.15, 0.2) is 0 Å². The van der Waals surface area contributed by atoms with Crippen LogP contribution in [0.25, 0.3) is 10.9 Å². The van der Waals surface area contributed by atoms with Gasteiger partial charge in [0.05, 0.1) is 23.9 Å². The summed E-state index contributed by atoms with van der Waals surface area (Å²) >= 11 is 0. The summed E-state index contributed by atoms with van der Waals surface area (Å²) in [5.74, 6) is -1.39. The normalized spacial score (nSPS) is 13.6. The third-order valence-corrected chi connectivity index (χ3v) is 5.65. The van der Waals surface area contributed by atoms with Gasteiger partial charge in [-0.25, -0.2) is 4.79 Å². The van der Waals surface area contributed by atoms with E-state index in [0.29, 0.717) is 17.7 Å². The van der Waals surface area contributed by atoms with Gasteiger partial charge in [0, 0.05) is 30.3 Å². The Bertz CT molecular complexity index is 1280. The van der Waals surface area contributed by atoms with E-state index in [2.05, 4.69) is 50.4 Å². The van der Waals surface area contributed by atoms with E-state index in [1.54, 1.807) is 25.4 Å². The minimum absolute atomic E-state index is 0.0542. The van der Waals surface area contributed by atoms with E-state index in [1.807, 2.05) is 10.6 Å². The van der Waals surface area contributed by atoms with Crippen molar-refractivity contribution in [3.05, 3.63) is 77.1 Å². The molecule has 0 spiro atoms. The lowest BCUT2D eigenvalue weighted by Crippen LogP contribution is -2.31. The number of ketones is 1. The maximum Gasteiger partial charge on any atom is 0.333 e. The van der Waals surface area contributed by atoms with Crippen molar-refractivity contribution in [3.63, 3.8) is 0 Å². The van der Waals surface area contributed by atoms with Crippen LogP contribution < -0.4 is 10.1 Å². The van der Waals surface area contributed by atoms with Gasteiger partial charge in [0.2, 0.25) is 0 Å². The maximum atomic E-state index is 13.0. The zero-order valence-corrected chi connectivity index (χ0v) is 19.1. The van der Waals surface area contributed by atoms with Crippen molar-refractivity contribution in [2.75, 3.05) is 13.7 Å². The molecule has 7 heteroatoms. The van der Waals surface area contributed by atoms with Crippen LogP contribution in [0, 0.1) is 0 Å². The molecule has 0 unspecified atom stereocenters. The Kier molecular flexibility index (Phi) is 5.80. The van der Waals surface area contributed by atoms with Gasteiger partial charge < -0.3 is 19.4 Å². The first-order valence-electron chi connectivity index (χ1n) is 10.6. The predicted octanol–water partition coefficient (Wildman–Crippen LogP) is 3.74. The van der Waals surface area contributed by atoms with Crippen LogP contribution in [0.3, 0.4) is 0 Å². The molecule has 7 nitrogen and oxygen atoms in total. The van der Waals surface area contributed by atoms with Crippen LogP contribution in [0.1, 0.15) is 42.3 Å². The molecule has 1 aliphatic heterocycles. The molecule has 3 aromatic rings. The summed E-state index contributed by atoms with van der Waals surface area (Å²) < 4.78 is 12.1. The van der Waals surface area contributed by atoms with Gasteiger partial charge in [-0.15, -0.1) is 0 Å². The van der Waals surface area contributed by atoms with E-state index in [0.717, 1.165) is 11.1 Å². The molecule has 0 saturated carbocycles. The van der Waals surface area contributed by atoms with Gasteiger partial charge in [-0.05, 0) is 28.7 Å². The number of benzene rings is 2. The van der Waals surface area contributed by atoms with Gasteiger partial charge in [-0.2, -0.15) is 0 Å². The van der Waals surface area contributed by atoms with Gasteiger partial charge in [0.1, 0.15) is 12.4 Å². The third-order valence-electron chi connectivity index (χ3n) is 5.65. The van der Waals surface area contributed by atoms with Crippen LogP contribution in [-0.2, 0) is 26.3 Å². The Morgan fingerprint density at radius 1 is 1.12 bits per heavy atom. The smallest absolute Gasteiger partial charge is 0.333 e. The van der Waals surface area contributed by atoms with E-state index < -0.39 is 17.7 Å². The lowest BCUT2D eigenvalue weighted by atomic mass is 9.87. The van der Waals surface area contributed by atoms with Crippen LogP contribution >= 0.6 is 0 Å². The number of ether oxygens (including phenoxy) is 2. The average Bonchev–Trinajstić information content (AvgIpc) is 3.35. The molecule has 0 saturated heterocycles. The minimum Gasteiger partial charge on any atom is -0.497 e. The highest BCUT2D eigenvalue weighted by Crippen LogP contribution is 2.28. The van der Waals surface area contributed by atoms with Gasteiger partial charge >= 0.3 is 5.97 Å². The quantitative estimate of drug-likeness (QED) is 0.354. The number of nitrogens with zero attached hydrogens (tertiary/aromatic N) is 1. The summed E-state index contributed by atoms with van der Waals surface area (Å²) in [5.41, 5.74) is 3.69. The number of hydrogen-bond donors (Lipinski definition) is 1. The Hall–Kier alpha value is -3.87. The van der Waals surface area contributed by atoms with Crippen LogP contribution in [0.5, 0.6) is 5.75 Å². The zero-order chi connectivity index (χ0) is 23.8. The lowest BCUT2D eigenvalue weighted by Gasteiger charge is -2.19. The van der Waals surface area contributed by atoms with Crippen molar-refractivity contribution in [1.29, 1.82) is 0 Å². The molecular formula is C26H26N2O5. The largest absolute Gasteiger partial charge is 0.497 e. The summed E-state index contributed by atoms with van der Waals surface area (Å²) in [6.07, 6.45) is 2.86. The second kappa shape index (κ2) is 8.58. The van der Waals surface area contributed by atoms with E-state index in [4.69, 9.17) is 9.47 Å². The molecule has 1 N–H and O–H groups in total. The van der Waals surface area contributed by atoms with Crippen LogP contribution in [-0.4, -0.2) is 35.9 Å². The summed E-state index contributed by atoms with van der Waals surface area (Å²) in [7, 11) is 1.58. The number of nitrogens with one attached hydrogen (secondary N) is 1. The molecule has 0 bridgehead atoms. The lowest BCUT2D eigenvalue weighted by molar-refractivity contribution is -0.135. The van der Waals surface area contributed by atoms with Crippen molar-refractivity contribution < 1.29 is 23.9 Å². The Balaban J connectivity index is 1.67. The molecule has 2 heterocycles. The van der Waals surface area contributed by atoms with Crippen molar-refractivity contribution in [1.82, 2.24) is 9.88 Å². The SMILES string of the molecule is COc1ccc2c(C(=O)C(=O)NC3=CC(=O)OC3)cn(Cc3ccc(C(C)(C)C)cc3)c2c1. The molecule has 33 heavy (non-hydrogen) atoms.